The third-order valence-corrected chi connectivity index (χ3v) is 1.88. The number of hydrogen-bond donors (Lipinski definition) is 0. The smallest absolute Gasteiger partial charge is 0.123 e. The van der Waals surface area contributed by atoms with Crippen LogP contribution in [0.2, 0.25) is 0 Å². The van der Waals surface area contributed by atoms with Crippen LogP contribution in [0.3, 0.4) is 0 Å². The van der Waals surface area contributed by atoms with Gasteiger partial charge >= 0.3 is 0 Å². The van der Waals surface area contributed by atoms with Crippen LogP contribution >= 0.6 is 15.9 Å². The minimum Gasteiger partial charge on any atom is -0.207 e. The second-order valence-corrected chi connectivity index (χ2v) is 3.37. The number of benzene rings is 1. The molecule has 0 nitrogen and oxygen atoms in total. The zero-order valence-corrected chi connectivity index (χ0v) is 7.99. The van der Waals surface area contributed by atoms with E-state index in [4.69, 9.17) is 0 Å². The number of halogens is 2. The highest BCUT2D eigenvalue weighted by atomic mass is 79.9. The summed E-state index contributed by atoms with van der Waals surface area (Å²) in [4.78, 5) is 0. The van der Waals surface area contributed by atoms with Crippen molar-refractivity contribution in [2.45, 2.75) is 13.3 Å². The monoisotopic (exact) mass is 216 g/mol. The highest BCUT2D eigenvalue weighted by Crippen LogP contribution is 2.09. The third kappa shape index (κ3) is 2.62. The first kappa shape index (κ1) is 8.72. The van der Waals surface area contributed by atoms with Crippen molar-refractivity contribution in [3.8, 4) is 0 Å². The molecular formula is C9H10BrF. The summed E-state index contributed by atoms with van der Waals surface area (Å²) in [5.41, 5.74) is 2.04. The van der Waals surface area contributed by atoms with Crippen molar-refractivity contribution in [1.82, 2.24) is 0 Å². The maximum atomic E-state index is 12.7. The summed E-state index contributed by atoms with van der Waals surface area (Å²) in [5, 5.41) is 0.885. The van der Waals surface area contributed by atoms with Gasteiger partial charge in [-0.2, -0.15) is 0 Å². The van der Waals surface area contributed by atoms with E-state index < -0.39 is 0 Å². The molecule has 0 aromatic heterocycles. The molecule has 0 fully saturated rings. The third-order valence-electron chi connectivity index (χ3n) is 1.49. The molecule has 0 radical (unpaired) electrons. The lowest BCUT2D eigenvalue weighted by atomic mass is 10.1. The zero-order valence-electron chi connectivity index (χ0n) is 6.40. The summed E-state index contributed by atoms with van der Waals surface area (Å²) in [6.07, 6.45) is 0.888. The molecule has 0 saturated carbocycles. The highest BCUT2D eigenvalue weighted by molar-refractivity contribution is 9.09. The van der Waals surface area contributed by atoms with Crippen molar-refractivity contribution in [2.75, 3.05) is 5.33 Å². The van der Waals surface area contributed by atoms with Crippen LogP contribution in [0, 0.1) is 12.7 Å². The normalized spacial score (nSPS) is 10.1. The van der Waals surface area contributed by atoms with Crippen LogP contribution in [0.4, 0.5) is 4.39 Å². The second-order valence-electron chi connectivity index (χ2n) is 2.58. The molecule has 1 aromatic carbocycles. The van der Waals surface area contributed by atoms with Crippen molar-refractivity contribution in [1.29, 1.82) is 0 Å². The number of hydrogen-bond acceptors (Lipinski definition) is 0. The zero-order chi connectivity index (χ0) is 8.27. The molecule has 0 amide bonds. The number of rotatable bonds is 2. The average Bonchev–Trinajstić information content (AvgIpc) is 1.85. The average molecular weight is 217 g/mol. The van der Waals surface area contributed by atoms with Gasteiger partial charge in [-0.05, 0) is 36.6 Å². The molecule has 0 aliphatic rings. The quantitative estimate of drug-likeness (QED) is 0.668. The van der Waals surface area contributed by atoms with Gasteiger partial charge in [-0.3, -0.25) is 0 Å². The van der Waals surface area contributed by atoms with Crippen LogP contribution in [0.5, 0.6) is 0 Å². The molecule has 60 valence electrons. The van der Waals surface area contributed by atoms with Crippen LogP contribution < -0.4 is 0 Å². The molecule has 0 unspecified atom stereocenters. The molecule has 1 rings (SSSR count). The lowest BCUT2D eigenvalue weighted by Gasteiger charge is -1.99. The molecule has 0 heterocycles. The van der Waals surface area contributed by atoms with E-state index in [9.17, 15) is 4.39 Å². The Hall–Kier alpha value is -0.370. The molecule has 0 atom stereocenters. The molecule has 0 aliphatic carbocycles. The van der Waals surface area contributed by atoms with E-state index in [-0.39, 0.29) is 5.82 Å². The molecule has 1 aromatic rings. The first-order chi connectivity index (χ1) is 5.22. The summed E-state index contributed by atoms with van der Waals surface area (Å²) in [5.74, 6) is -0.138. The number of aryl methyl sites for hydroxylation is 2. The van der Waals surface area contributed by atoms with E-state index in [1.165, 1.54) is 6.07 Å². The molecule has 0 aliphatic heterocycles. The Morgan fingerprint density at radius 2 is 2.09 bits per heavy atom. The van der Waals surface area contributed by atoms with Crippen LogP contribution in [0.1, 0.15) is 11.1 Å². The van der Waals surface area contributed by atoms with Gasteiger partial charge in [-0.1, -0.05) is 22.0 Å². The Kier molecular flexibility index (Phi) is 3.06. The first-order valence-corrected chi connectivity index (χ1v) is 4.66. The van der Waals surface area contributed by atoms with Crippen molar-refractivity contribution in [3.63, 3.8) is 0 Å². The predicted octanol–water partition coefficient (Wildman–Crippen LogP) is 3.07. The van der Waals surface area contributed by atoms with Crippen LogP contribution in [-0.4, -0.2) is 5.33 Å². The minimum atomic E-state index is -0.138. The Balaban J connectivity index is 2.89. The molecule has 2 heteroatoms. The Morgan fingerprint density at radius 1 is 1.36 bits per heavy atom. The van der Waals surface area contributed by atoms with Crippen molar-refractivity contribution in [2.24, 2.45) is 0 Å². The van der Waals surface area contributed by atoms with Crippen molar-refractivity contribution >= 4 is 15.9 Å². The van der Waals surface area contributed by atoms with Gasteiger partial charge in [0.2, 0.25) is 0 Å². The Morgan fingerprint density at radius 3 is 2.64 bits per heavy atom. The second kappa shape index (κ2) is 3.86. The summed E-state index contributed by atoms with van der Waals surface area (Å²) in [6.45, 7) is 1.90. The lowest BCUT2D eigenvalue weighted by molar-refractivity contribution is 0.624. The van der Waals surface area contributed by atoms with Crippen molar-refractivity contribution in [3.05, 3.63) is 35.1 Å². The van der Waals surface area contributed by atoms with E-state index in [1.807, 2.05) is 13.0 Å². The van der Waals surface area contributed by atoms with Gasteiger partial charge < -0.3 is 0 Å². The molecule has 0 bridgehead atoms. The van der Waals surface area contributed by atoms with Crippen LogP contribution in [-0.2, 0) is 6.42 Å². The fraction of sp³-hybridized carbons (Fsp3) is 0.333. The highest BCUT2D eigenvalue weighted by Gasteiger charge is 1.96. The van der Waals surface area contributed by atoms with Gasteiger partial charge in [-0.25, -0.2) is 4.39 Å². The molecule has 0 saturated heterocycles. The Bertz CT molecular complexity index is 225. The summed E-state index contributed by atoms with van der Waals surface area (Å²) < 4.78 is 12.7. The van der Waals surface area contributed by atoms with Gasteiger partial charge in [0.1, 0.15) is 5.82 Å². The van der Waals surface area contributed by atoms with Gasteiger partial charge in [0.15, 0.2) is 0 Å². The minimum absolute atomic E-state index is 0.138. The van der Waals surface area contributed by atoms with Gasteiger partial charge in [-0.15, -0.1) is 0 Å². The topological polar surface area (TPSA) is 0 Å². The van der Waals surface area contributed by atoms with Gasteiger partial charge in [0.25, 0.3) is 0 Å². The fourth-order valence-corrected chi connectivity index (χ4v) is 1.52. The Labute approximate surface area is 74.6 Å². The van der Waals surface area contributed by atoms with Crippen molar-refractivity contribution < 1.29 is 4.39 Å². The van der Waals surface area contributed by atoms with E-state index >= 15 is 0 Å². The van der Waals surface area contributed by atoms with Crippen LogP contribution in [0.15, 0.2) is 18.2 Å². The van der Waals surface area contributed by atoms with E-state index in [0.717, 1.165) is 22.9 Å². The van der Waals surface area contributed by atoms with Crippen LogP contribution in [0.25, 0.3) is 0 Å². The van der Waals surface area contributed by atoms with Gasteiger partial charge in [0, 0.05) is 5.33 Å². The standard InChI is InChI=1S/C9H10BrF/c1-7-4-8(2-3-10)6-9(11)5-7/h4-6H,2-3H2,1H3. The van der Waals surface area contributed by atoms with E-state index in [1.54, 1.807) is 6.07 Å². The number of alkyl halides is 1. The molecule has 11 heavy (non-hydrogen) atoms. The SMILES string of the molecule is Cc1cc(F)cc(CCBr)c1. The molecule has 0 spiro atoms. The molecular weight excluding hydrogens is 207 g/mol. The summed E-state index contributed by atoms with van der Waals surface area (Å²) in [7, 11) is 0. The van der Waals surface area contributed by atoms with E-state index in [0.29, 0.717) is 0 Å². The molecule has 0 N–H and O–H groups in total. The maximum Gasteiger partial charge on any atom is 0.123 e. The summed E-state index contributed by atoms with van der Waals surface area (Å²) in [6, 6.07) is 5.12. The van der Waals surface area contributed by atoms with E-state index in [2.05, 4.69) is 15.9 Å². The van der Waals surface area contributed by atoms with Gasteiger partial charge in [0.05, 0.1) is 0 Å². The maximum absolute atomic E-state index is 12.7. The largest absolute Gasteiger partial charge is 0.207 e. The summed E-state index contributed by atoms with van der Waals surface area (Å²) >= 11 is 3.31. The fourth-order valence-electron chi connectivity index (χ4n) is 1.07. The predicted molar refractivity (Wildman–Crippen MR) is 48.6 cm³/mol. The lowest BCUT2D eigenvalue weighted by Crippen LogP contribution is -1.88. The first-order valence-electron chi connectivity index (χ1n) is 3.54.